The van der Waals surface area contributed by atoms with E-state index in [2.05, 4.69) is 30.6 Å². The Bertz CT molecular complexity index is 595. The lowest BCUT2D eigenvalue weighted by molar-refractivity contribution is -0.120. The van der Waals surface area contributed by atoms with Crippen LogP contribution in [0.25, 0.3) is 11.2 Å². The molecule has 2 heterocycles. The van der Waals surface area contributed by atoms with Crippen LogP contribution in [0.3, 0.4) is 0 Å². The van der Waals surface area contributed by atoms with Crippen LogP contribution in [-0.4, -0.2) is 53.0 Å². The number of rotatable bonds is 6. The van der Waals surface area contributed by atoms with Gasteiger partial charge in [-0.2, -0.15) is 9.97 Å². The minimum Gasteiger partial charge on any atom is -0.359 e. The number of carbonyl (C=O) groups excluding carboxylic acids is 1. The quantitative estimate of drug-likeness (QED) is 0.705. The van der Waals surface area contributed by atoms with Gasteiger partial charge in [-0.25, -0.2) is 4.98 Å². The van der Waals surface area contributed by atoms with Gasteiger partial charge in [0.2, 0.25) is 11.9 Å². The summed E-state index contributed by atoms with van der Waals surface area (Å²) >= 11 is 0. The molecule has 0 saturated carbocycles. The van der Waals surface area contributed by atoms with E-state index in [-0.39, 0.29) is 5.91 Å². The molecule has 2 rings (SSSR count). The van der Waals surface area contributed by atoms with E-state index >= 15 is 0 Å². The van der Waals surface area contributed by atoms with Crippen LogP contribution in [0.5, 0.6) is 0 Å². The van der Waals surface area contributed by atoms with Gasteiger partial charge in [0.1, 0.15) is 5.52 Å². The molecule has 0 atom stereocenters. The molecule has 8 nitrogen and oxygen atoms in total. The van der Waals surface area contributed by atoms with Crippen molar-refractivity contribution in [3.05, 3.63) is 6.33 Å². The normalized spacial score (nSPS) is 10.6. The lowest BCUT2D eigenvalue weighted by Gasteiger charge is -2.18. The Morgan fingerprint density at radius 1 is 1.45 bits per heavy atom. The number of hydrogen-bond donors (Lipinski definition) is 3. The molecule has 108 valence electrons. The zero-order valence-electron chi connectivity index (χ0n) is 11.9. The molecule has 0 saturated heterocycles. The summed E-state index contributed by atoms with van der Waals surface area (Å²) < 4.78 is 0. The van der Waals surface area contributed by atoms with E-state index in [4.69, 9.17) is 0 Å². The largest absolute Gasteiger partial charge is 0.359 e. The summed E-state index contributed by atoms with van der Waals surface area (Å²) in [6, 6.07) is 0. The first-order valence-electron chi connectivity index (χ1n) is 6.52. The van der Waals surface area contributed by atoms with Crippen LogP contribution in [-0.2, 0) is 4.79 Å². The molecule has 0 spiro atoms. The van der Waals surface area contributed by atoms with Crippen LogP contribution in [0, 0.1) is 0 Å². The molecule has 0 aliphatic rings. The highest BCUT2D eigenvalue weighted by atomic mass is 16.1. The smallest absolute Gasteiger partial charge is 0.226 e. The van der Waals surface area contributed by atoms with Gasteiger partial charge in [-0.05, 0) is 6.92 Å². The molecule has 0 aliphatic carbocycles. The average molecular weight is 277 g/mol. The molecule has 0 radical (unpaired) electrons. The third-order valence-corrected chi connectivity index (χ3v) is 2.92. The van der Waals surface area contributed by atoms with Crippen molar-refractivity contribution in [2.24, 2.45) is 0 Å². The number of anilines is 2. The molecule has 0 bridgehead atoms. The second-order valence-electron chi connectivity index (χ2n) is 4.35. The molecule has 0 fully saturated rings. The second kappa shape index (κ2) is 6.18. The maximum Gasteiger partial charge on any atom is 0.226 e. The van der Waals surface area contributed by atoms with Gasteiger partial charge < -0.3 is 20.5 Å². The minimum absolute atomic E-state index is 0.00123. The Hall–Kier alpha value is -2.38. The summed E-state index contributed by atoms with van der Waals surface area (Å²) in [5.41, 5.74) is 1.38. The number of nitrogens with one attached hydrogen (secondary N) is 3. The number of carbonyl (C=O) groups is 1. The van der Waals surface area contributed by atoms with Crippen molar-refractivity contribution in [2.45, 2.75) is 13.3 Å². The number of hydrogen-bond acceptors (Lipinski definition) is 6. The fourth-order valence-electron chi connectivity index (χ4n) is 1.83. The summed E-state index contributed by atoms with van der Waals surface area (Å²) in [6.45, 7) is 3.28. The topological polar surface area (TPSA) is 98.8 Å². The van der Waals surface area contributed by atoms with Gasteiger partial charge in [0.25, 0.3) is 0 Å². The summed E-state index contributed by atoms with van der Waals surface area (Å²) in [7, 11) is 3.52. The molecule has 2 aromatic heterocycles. The van der Waals surface area contributed by atoms with Crippen molar-refractivity contribution < 1.29 is 4.79 Å². The maximum atomic E-state index is 11.3. The number of aromatic nitrogens is 4. The lowest BCUT2D eigenvalue weighted by atomic mass is 10.3. The Labute approximate surface area is 117 Å². The predicted octanol–water partition coefficient (Wildman–Crippen LogP) is 0.357. The number of fused-ring (bicyclic) bond motifs is 1. The van der Waals surface area contributed by atoms with Crippen molar-refractivity contribution in [1.82, 2.24) is 25.3 Å². The Balaban J connectivity index is 2.26. The van der Waals surface area contributed by atoms with E-state index in [1.165, 1.54) is 0 Å². The molecule has 1 amide bonds. The molecular weight excluding hydrogens is 258 g/mol. The van der Waals surface area contributed by atoms with Crippen molar-refractivity contribution in [3.63, 3.8) is 0 Å². The first kappa shape index (κ1) is 14.0. The highest BCUT2D eigenvalue weighted by molar-refractivity contribution is 5.84. The van der Waals surface area contributed by atoms with Crippen LogP contribution in [0.4, 0.5) is 11.8 Å². The highest BCUT2D eigenvalue weighted by Crippen LogP contribution is 2.21. The summed E-state index contributed by atoms with van der Waals surface area (Å²) in [4.78, 5) is 29.2. The van der Waals surface area contributed by atoms with Crippen LogP contribution < -0.4 is 15.5 Å². The SMILES string of the molecule is CCNc1nc(N(C)CCC(=O)NC)c2[nH]cnc2n1. The molecule has 20 heavy (non-hydrogen) atoms. The summed E-state index contributed by atoms with van der Waals surface area (Å²) in [5.74, 6) is 1.26. The highest BCUT2D eigenvalue weighted by Gasteiger charge is 2.14. The van der Waals surface area contributed by atoms with E-state index in [9.17, 15) is 4.79 Å². The number of amides is 1. The van der Waals surface area contributed by atoms with E-state index in [1.54, 1.807) is 13.4 Å². The fraction of sp³-hybridized carbons (Fsp3) is 0.500. The first-order valence-corrected chi connectivity index (χ1v) is 6.52. The molecule has 0 aliphatic heterocycles. The number of imidazole rings is 1. The van der Waals surface area contributed by atoms with Gasteiger partial charge in [-0.1, -0.05) is 0 Å². The zero-order valence-corrected chi connectivity index (χ0v) is 11.9. The minimum atomic E-state index is -0.00123. The average Bonchev–Trinajstić information content (AvgIpc) is 2.92. The monoisotopic (exact) mass is 277 g/mol. The van der Waals surface area contributed by atoms with E-state index in [1.807, 2.05) is 18.9 Å². The first-order chi connectivity index (χ1) is 9.65. The second-order valence-corrected chi connectivity index (χ2v) is 4.35. The zero-order chi connectivity index (χ0) is 14.5. The third kappa shape index (κ3) is 2.95. The maximum absolute atomic E-state index is 11.3. The molecule has 0 unspecified atom stereocenters. The fourth-order valence-corrected chi connectivity index (χ4v) is 1.83. The Morgan fingerprint density at radius 2 is 2.25 bits per heavy atom. The van der Waals surface area contributed by atoms with Crippen LogP contribution >= 0.6 is 0 Å². The predicted molar refractivity (Wildman–Crippen MR) is 77.8 cm³/mol. The van der Waals surface area contributed by atoms with Crippen molar-refractivity contribution >= 4 is 28.8 Å². The van der Waals surface area contributed by atoms with E-state index in [0.717, 1.165) is 17.9 Å². The number of H-pyrrole nitrogens is 1. The van der Waals surface area contributed by atoms with Crippen LogP contribution in [0.15, 0.2) is 6.33 Å². The van der Waals surface area contributed by atoms with E-state index < -0.39 is 0 Å². The number of nitrogens with zero attached hydrogens (tertiary/aromatic N) is 4. The third-order valence-electron chi connectivity index (χ3n) is 2.92. The summed E-state index contributed by atoms with van der Waals surface area (Å²) in [5, 5.41) is 5.68. The van der Waals surface area contributed by atoms with E-state index in [0.29, 0.717) is 24.6 Å². The van der Waals surface area contributed by atoms with Gasteiger partial charge in [-0.15, -0.1) is 0 Å². The Morgan fingerprint density at radius 3 is 2.95 bits per heavy atom. The van der Waals surface area contributed by atoms with Crippen molar-refractivity contribution in [2.75, 3.05) is 37.4 Å². The van der Waals surface area contributed by atoms with Crippen LogP contribution in [0.1, 0.15) is 13.3 Å². The van der Waals surface area contributed by atoms with Crippen LogP contribution in [0.2, 0.25) is 0 Å². The standard InChI is InChI=1S/C12H19N7O/c1-4-14-12-17-10-9(15-7-16-10)11(18-12)19(3)6-5-8(20)13-2/h7H,4-6H2,1-3H3,(H,13,20)(H2,14,15,16,17,18). The molecule has 8 heteroatoms. The molecular formula is C12H19N7O. The Kier molecular flexibility index (Phi) is 4.34. The van der Waals surface area contributed by atoms with Gasteiger partial charge >= 0.3 is 0 Å². The van der Waals surface area contributed by atoms with Gasteiger partial charge in [0, 0.05) is 33.6 Å². The molecule has 2 aromatic rings. The lowest BCUT2D eigenvalue weighted by Crippen LogP contribution is -2.27. The number of aromatic amines is 1. The van der Waals surface area contributed by atoms with Gasteiger partial charge in [-0.3, -0.25) is 4.79 Å². The van der Waals surface area contributed by atoms with Gasteiger partial charge in [0.15, 0.2) is 11.5 Å². The van der Waals surface area contributed by atoms with Gasteiger partial charge in [0.05, 0.1) is 6.33 Å². The summed E-state index contributed by atoms with van der Waals surface area (Å²) in [6.07, 6.45) is 1.99. The van der Waals surface area contributed by atoms with Crippen molar-refractivity contribution in [1.29, 1.82) is 0 Å². The molecule has 3 N–H and O–H groups in total. The van der Waals surface area contributed by atoms with Crippen molar-refractivity contribution in [3.8, 4) is 0 Å². The molecule has 0 aromatic carbocycles.